The summed E-state index contributed by atoms with van der Waals surface area (Å²) >= 11 is 6.85. The quantitative estimate of drug-likeness (QED) is 0.555. The smallest absolute Gasteiger partial charge is 0.286 e. The fraction of sp³-hybridized carbons (Fsp3) is 0.273. The van der Waals surface area contributed by atoms with E-state index in [4.69, 9.17) is 11.6 Å². The van der Waals surface area contributed by atoms with Gasteiger partial charge in [-0.3, -0.25) is 19.4 Å². The molecule has 9 nitrogen and oxygen atoms in total. The maximum Gasteiger partial charge on any atom is 0.286 e. The van der Waals surface area contributed by atoms with E-state index in [-0.39, 0.29) is 34.3 Å². The number of nitrogens with one attached hydrogen (secondary N) is 2. The highest BCUT2D eigenvalue weighted by Crippen LogP contribution is 2.22. The molecule has 0 aliphatic carbocycles. The number of benzene rings is 1. The van der Waals surface area contributed by atoms with E-state index in [0.717, 1.165) is 17.0 Å². The Bertz CT molecular complexity index is 1160. The van der Waals surface area contributed by atoms with Gasteiger partial charge in [0.15, 0.2) is 0 Å². The Balaban J connectivity index is 1.34. The van der Waals surface area contributed by atoms with Crippen LogP contribution in [-0.2, 0) is 11.3 Å². The molecule has 1 aromatic carbocycles. The van der Waals surface area contributed by atoms with Gasteiger partial charge in [-0.15, -0.1) is 10.2 Å². The summed E-state index contributed by atoms with van der Waals surface area (Å²) in [5.74, 6) is -1.24. The van der Waals surface area contributed by atoms with Crippen molar-refractivity contribution in [3.63, 3.8) is 0 Å². The van der Waals surface area contributed by atoms with Crippen LogP contribution in [0.1, 0.15) is 38.1 Å². The van der Waals surface area contributed by atoms with Gasteiger partial charge >= 0.3 is 0 Å². The highest BCUT2D eigenvalue weighted by Gasteiger charge is 2.30. The van der Waals surface area contributed by atoms with Gasteiger partial charge in [0.25, 0.3) is 11.8 Å². The average Bonchev–Trinajstić information content (AvgIpc) is 3.33. The molecule has 2 aromatic heterocycles. The average molecular weight is 485 g/mol. The number of aromatic nitrogens is 3. The summed E-state index contributed by atoms with van der Waals surface area (Å²) in [7, 11) is 0. The molecule has 11 heteroatoms. The molecule has 3 amide bonds. The third-order valence-electron chi connectivity index (χ3n) is 5.13. The molecule has 3 heterocycles. The molecule has 0 bridgehead atoms. The zero-order valence-corrected chi connectivity index (χ0v) is 19.1. The van der Waals surface area contributed by atoms with Crippen molar-refractivity contribution in [1.82, 2.24) is 25.4 Å². The molecular weight excluding hydrogens is 464 g/mol. The summed E-state index contributed by atoms with van der Waals surface area (Å²) in [6, 6.07) is 12.2. The fourth-order valence-electron chi connectivity index (χ4n) is 3.49. The molecule has 1 atom stereocenters. The predicted molar refractivity (Wildman–Crippen MR) is 124 cm³/mol. The monoisotopic (exact) mass is 484 g/mol. The number of carbonyl (C=O) groups excluding carboxylic acids is 3. The number of piperidine rings is 1. The molecule has 4 rings (SSSR count). The lowest BCUT2D eigenvalue weighted by Gasteiger charge is -2.31. The number of rotatable bonds is 6. The van der Waals surface area contributed by atoms with Crippen LogP contribution in [0.25, 0.3) is 0 Å². The number of amides is 3. The van der Waals surface area contributed by atoms with Crippen LogP contribution in [0, 0.1) is 5.92 Å². The van der Waals surface area contributed by atoms with Gasteiger partial charge in [0.1, 0.15) is 0 Å². The maximum atomic E-state index is 12.9. The Hall–Kier alpha value is -3.37. The minimum Gasteiger partial charge on any atom is -0.350 e. The van der Waals surface area contributed by atoms with Crippen LogP contribution in [0.3, 0.4) is 0 Å². The lowest BCUT2D eigenvalue weighted by Crippen LogP contribution is -2.45. The van der Waals surface area contributed by atoms with E-state index in [0.29, 0.717) is 36.6 Å². The van der Waals surface area contributed by atoms with Crippen LogP contribution < -0.4 is 10.6 Å². The first-order valence-electron chi connectivity index (χ1n) is 10.4. The van der Waals surface area contributed by atoms with Crippen LogP contribution >= 0.6 is 22.9 Å². The zero-order valence-electron chi connectivity index (χ0n) is 17.5. The minimum absolute atomic E-state index is 0.0694. The third-order valence-corrected chi connectivity index (χ3v) is 6.28. The Morgan fingerprint density at radius 2 is 1.97 bits per heavy atom. The highest BCUT2D eigenvalue weighted by atomic mass is 35.5. The molecule has 33 heavy (non-hydrogen) atoms. The van der Waals surface area contributed by atoms with E-state index in [1.54, 1.807) is 35.4 Å². The topological polar surface area (TPSA) is 117 Å². The maximum absolute atomic E-state index is 12.9. The SMILES string of the molecule is O=C(Nc1cccc(Cl)c1)c1nnc(C(=O)N2CCC[C@@H](C(=O)NCc3ccccn3)C2)s1. The van der Waals surface area contributed by atoms with Crippen LogP contribution in [0.15, 0.2) is 48.7 Å². The summed E-state index contributed by atoms with van der Waals surface area (Å²) in [5.41, 5.74) is 1.29. The van der Waals surface area contributed by atoms with Crippen molar-refractivity contribution >= 4 is 46.3 Å². The summed E-state index contributed by atoms with van der Waals surface area (Å²) in [5, 5.41) is 14.0. The number of pyridine rings is 1. The van der Waals surface area contributed by atoms with Gasteiger partial charge in [0.05, 0.1) is 18.2 Å². The van der Waals surface area contributed by atoms with E-state index in [1.165, 1.54) is 0 Å². The van der Waals surface area contributed by atoms with E-state index >= 15 is 0 Å². The molecule has 0 unspecified atom stereocenters. The van der Waals surface area contributed by atoms with Gasteiger partial charge in [-0.25, -0.2) is 0 Å². The summed E-state index contributed by atoms with van der Waals surface area (Å²) < 4.78 is 0. The Labute approximate surface area is 199 Å². The molecule has 170 valence electrons. The lowest BCUT2D eigenvalue weighted by atomic mass is 9.97. The Morgan fingerprint density at radius 1 is 1.12 bits per heavy atom. The molecule has 0 radical (unpaired) electrons. The number of anilines is 1. The molecule has 1 saturated heterocycles. The van der Waals surface area contributed by atoms with Crippen molar-refractivity contribution in [3.8, 4) is 0 Å². The van der Waals surface area contributed by atoms with Crippen molar-refractivity contribution in [3.05, 3.63) is 69.4 Å². The second-order valence-electron chi connectivity index (χ2n) is 7.51. The summed E-state index contributed by atoms with van der Waals surface area (Å²) in [4.78, 5) is 43.8. The van der Waals surface area contributed by atoms with Gasteiger partial charge in [-0.2, -0.15) is 0 Å². The van der Waals surface area contributed by atoms with Crippen LogP contribution in [0.2, 0.25) is 5.02 Å². The molecule has 0 spiro atoms. The number of nitrogens with zero attached hydrogens (tertiary/aromatic N) is 4. The summed E-state index contributed by atoms with van der Waals surface area (Å²) in [6.45, 7) is 1.15. The van der Waals surface area contributed by atoms with Gasteiger partial charge in [0, 0.05) is 30.0 Å². The zero-order chi connectivity index (χ0) is 23.2. The van der Waals surface area contributed by atoms with Crippen LogP contribution in [0.5, 0.6) is 0 Å². The largest absolute Gasteiger partial charge is 0.350 e. The van der Waals surface area contributed by atoms with Crippen molar-refractivity contribution in [1.29, 1.82) is 0 Å². The normalized spacial score (nSPS) is 15.7. The number of halogens is 1. The first kappa shape index (κ1) is 22.8. The number of likely N-dealkylation sites (tertiary alicyclic amines) is 1. The van der Waals surface area contributed by atoms with Gasteiger partial charge in [-0.1, -0.05) is 35.1 Å². The molecule has 1 aliphatic rings. The first-order valence-corrected chi connectivity index (χ1v) is 11.6. The molecular formula is C22H21ClN6O3S. The van der Waals surface area contributed by atoms with E-state index < -0.39 is 5.91 Å². The Morgan fingerprint density at radius 3 is 2.76 bits per heavy atom. The molecule has 0 saturated carbocycles. The minimum atomic E-state index is -0.473. The van der Waals surface area contributed by atoms with Gasteiger partial charge in [-0.05, 0) is 43.2 Å². The predicted octanol–water partition coefficient (Wildman–Crippen LogP) is 3.01. The molecule has 1 fully saturated rings. The number of hydrogen-bond donors (Lipinski definition) is 2. The van der Waals surface area contributed by atoms with Crippen LogP contribution in [-0.4, -0.2) is 50.9 Å². The number of hydrogen-bond acceptors (Lipinski definition) is 7. The Kier molecular flexibility index (Phi) is 7.26. The van der Waals surface area contributed by atoms with Crippen molar-refractivity contribution < 1.29 is 14.4 Å². The lowest BCUT2D eigenvalue weighted by molar-refractivity contribution is -0.126. The molecule has 3 aromatic rings. The second-order valence-corrected chi connectivity index (χ2v) is 8.92. The molecule has 2 N–H and O–H groups in total. The van der Waals surface area contributed by atoms with Crippen molar-refractivity contribution in [2.24, 2.45) is 5.92 Å². The summed E-state index contributed by atoms with van der Waals surface area (Å²) in [6.07, 6.45) is 3.07. The first-order chi connectivity index (χ1) is 16.0. The van der Waals surface area contributed by atoms with Crippen molar-refractivity contribution in [2.45, 2.75) is 19.4 Å². The van der Waals surface area contributed by atoms with Gasteiger partial charge < -0.3 is 15.5 Å². The van der Waals surface area contributed by atoms with Crippen LogP contribution in [0.4, 0.5) is 5.69 Å². The van der Waals surface area contributed by atoms with E-state index in [1.807, 2.05) is 18.2 Å². The standard InChI is InChI=1S/C22H21ClN6O3S/c23-15-6-3-8-16(11-15)26-19(31)20-27-28-21(33-20)22(32)29-10-4-5-14(13-29)18(30)25-12-17-7-1-2-9-24-17/h1-3,6-9,11,14H,4-5,10,12-13H2,(H,25,30)(H,26,31)/t14-/m1/s1. The second kappa shape index (κ2) is 10.5. The van der Waals surface area contributed by atoms with Crippen molar-refractivity contribution in [2.75, 3.05) is 18.4 Å². The fourth-order valence-corrected chi connectivity index (χ4v) is 4.38. The van der Waals surface area contributed by atoms with E-state index in [9.17, 15) is 14.4 Å². The molecule has 1 aliphatic heterocycles. The van der Waals surface area contributed by atoms with Gasteiger partial charge in [0.2, 0.25) is 15.9 Å². The highest BCUT2D eigenvalue weighted by molar-refractivity contribution is 7.15. The van der Waals surface area contributed by atoms with E-state index in [2.05, 4.69) is 25.8 Å². The third kappa shape index (κ3) is 5.91. The number of carbonyl (C=O) groups is 3.